The minimum atomic E-state index is -4.05. The minimum absolute atomic E-state index is 0. The van der Waals surface area contributed by atoms with Crippen LogP contribution >= 0.6 is 12.4 Å². The van der Waals surface area contributed by atoms with E-state index in [9.17, 15) is 17.2 Å². The van der Waals surface area contributed by atoms with Gasteiger partial charge in [0.2, 0.25) is 10.0 Å². The third-order valence-corrected chi connectivity index (χ3v) is 5.54. The average Bonchev–Trinajstić information content (AvgIpc) is 2.94. The molecule has 0 bridgehead atoms. The first kappa shape index (κ1) is 19.3. The Balaban J connectivity index is 0.00000242. The summed E-state index contributed by atoms with van der Waals surface area (Å²) in [7, 11) is -4.05. The average molecular weight is 355 g/mol. The number of sulfonamides is 1. The molecule has 1 fully saturated rings. The van der Waals surface area contributed by atoms with Gasteiger partial charge in [-0.2, -0.15) is 0 Å². The zero-order valence-corrected chi connectivity index (χ0v) is 13.9. The first-order chi connectivity index (χ1) is 9.85. The maximum Gasteiger partial charge on any atom is 0.243 e. The van der Waals surface area contributed by atoms with Crippen LogP contribution in [0.5, 0.6) is 0 Å². The highest BCUT2D eigenvalue weighted by atomic mass is 35.5. The van der Waals surface area contributed by atoms with Gasteiger partial charge in [-0.3, -0.25) is 0 Å². The normalized spacial score (nSPS) is 17.3. The fourth-order valence-corrected chi connectivity index (χ4v) is 4.26. The molecule has 1 saturated carbocycles. The van der Waals surface area contributed by atoms with Crippen LogP contribution in [0.4, 0.5) is 8.78 Å². The fourth-order valence-electron chi connectivity index (χ4n) is 2.80. The molecule has 1 aliphatic rings. The van der Waals surface area contributed by atoms with Crippen LogP contribution in [-0.2, 0) is 10.0 Å². The molecule has 1 atom stereocenters. The van der Waals surface area contributed by atoms with Crippen molar-refractivity contribution in [1.29, 1.82) is 0 Å². The van der Waals surface area contributed by atoms with Crippen LogP contribution in [-0.4, -0.2) is 21.0 Å². The topological polar surface area (TPSA) is 72.2 Å². The Hall–Kier alpha value is -0.760. The zero-order valence-electron chi connectivity index (χ0n) is 12.3. The molecular formula is C14H21ClF2N2O2S. The maximum atomic E-state index is 13.8. The summed E-state index contributed by atoms with van der Waals surface area (Å²) in [6.07, 6.45) is 3.92. The van der Waals surface area contributed by atoms with Gasteiger partial charge in [-0.15, -0.1) is 12.4 Å². The van der Waals surface area contributed by atoms with Gasteiger partial charge in [0.25, 0.3) is 0 Å². The summed E-state index contributed by atoms with van der Waals surface area (Å²) in [6, 6.07) is 1.19. The van der Waals surface area contributed by atoms with Crippen LogP contribution in [0.3, 0.4) is 0 Å². The molecule has 0 radical (unpaired) electrons. The van der Waals surface area contributed by atoms with E-state index in [2.05, 4.69) is 4.72 Å². The van der Waals surface area contributed by atoms with Crippen molar-refractivity contribution in [1.82, 2.24) is 4.72 Å². The summed E-state index contributed by atoms with van der Waals surface area (Å²) in [5.41, 5.74) is 5.73. The van der Waals surface area contributed by atoms with Gasteiger partial charge in [-0.25, -0.2) is 21.9 Å². The summed E-state index contributed by atoms with van der Waals surface area (Å²) in [4.78, 5) is -0.530. The maximum absolute atomic E-state index is 13.8. The second kappa shape index (κ2) is 7.68. The van der Waals surface area contributed by atoms with Gasteiger partial charge >= 0.3 is 0 Å². The Kier molecular flexibility index (Phi) is 6.73. The molecule has 0 heterocycles. The molecule has 8 heteroatoms. The molecule has 0 saturated heterocycles. The summed E-state index contributed by atoms with van der Waals surface area (Å²) in [5, 5.41) is 0. The highest BCUT2D eigenvalue weighted by molar-refractivity contribution is 7.89. The molecule has 4 nitrogen and oxygen atoms in total. The molecule has 3 N–H and O–H groups in total. The third-order valence-electron chi connectivity index (χ3n) is 4.03. The third kappa shape index (κ3) is 4.16. The second-order valence-electron chi connectivity index (χ2n) is 5.54. The standard InChI is InChI=1S/C14H20F2N2O2S.ClH/c1-9-6-14(12(16)7-11(9)15)21(19,20)18-13(8-17)10-4-2-3-5-10;/h6-7,10,13,18H,2-5,8,17H2,1H3;1H. The molecule has 1 aromatic rings. The van der Waals surface area contributed by atoms with Crippen molar-refractivity contribution in [2.75, 3.05) is 6.54 Å². The quantitative estimate of drug-likeness (QED) is 0.853. The van der Waals surface area contributed by atoms with E-state index in [4.69, 9.17) is 5.73 Å². The van der Waals surface area contributed by atoms with E-state index < -0.39 is 32.6 Å². The Bertz CT molecular complexity index is 620. The number of halogens is 3. The molecule has 1 unspecified atom stereocenters. The van der Waals surface area contributed by atoms with Crippen molar-refractivity contribution in [3.05, 3.63) is 29.3 Å². The molecule has 22 heavy (non-hydrogen) atoms. The fraction of sp³-hybridized carbons (Fsp3) is 0.571. The molecule has 1 aliphatic carbocycles. The lowest BCUT2D eigenvalue weighted by molar-refractivity contribution is 0.404. The molecule has 2 rings (SSSR count). The molecule has 0 aliphatic heterocycles. The van der Waals surface area contributed by atoms with Crippen molar-refractivity contribution >= 4 is 22.4 Å². The Morgan fingerprint density at radius 2 is 1.86 bits per heavy atom. The minimum Gasteiger partial charge on any atom is -0.329 e. The summed E-state index contributed by atoms with van der Waals surface area (Å²) in [6.45, 7) is 1.55. The number of benzene rings is 1. The van der Waals surface area contributed by atoms with E-state index in [-0.39, 0.29) is 30.4 Å². The van der Waals surface area contributed by atoms with Crippen LogP contribution < -0.4 is 10.5 Å². The lowest BCUT2D eigenvalue weighted by atomic mass is 9.99. The molecule has 0 aromatic heterocycles. The van der Waals surface area contributed by atoms with Crippen molar-refractivity contribution in [3.63, 3.8) is 0 Å². The Morgan fingerprint density at radius 1 is 1.27 bits per heavy atom. The highest BCUT2D eigenvalue weighted by Crippen LogP contribution is 2.28. The van der Waals surface area contributed by atoms with Crippen molar-refractivity contribution in [2.45, 2.75) is 43.5 Å². The van der Waals surface area contributed by atoms with Crippen LogP contribution in [0.15, 0.2) is 17.0 Å². The number of nitrogens with one attached hydrogen (secondary N) is 1. The zero-order chi connectivity index (χ0) is 15.6. The molecule has 126 valence electrons. The number of hydrogen-bond donors (Lipinski definition) is 2. The van der Waals surface area contributed by atoms with E-state index in [1.807, 2.05) is 0 Å². The van der Waals surface area contributed by atoms with Gasteiger partial charge < -0.3 is 5.73 Å². The SMILES string of the molecule is Cc1cc(S(=O)(=O)NC(CN)C2CCCC2)c(F)cc1F.Cl. The van der Waals surface area contributed by atoms with E-state index in [0.29, 0.717) is 6.07 Å². The van der Waals surface area contributed by atoms with E-state index >= 15 is 0 Å². The van der Waals surface area contributed by atoms with Gasteiger partial charge in [0.05, 0.1) is 0 Å². The van der Waals surface area contributed by atoms with Crippen molar-refractivity contribution in [3.8, 4) is 0 Å². The van der Waals surface area contributed by atoms with E-state index in [1.165, 1.54) is 6.92 Å². The predicted molar refractivity (Wildman–Crippen MR) is 83.5 cm³/mol. The molecular weight excluding hydrogens is 334 g/mol. The van der Waals surface area contributed by atoms with Gasteiger partial charge in [-0.1, -0.05) is 12.8 Å². The molecule has 1 aromatic carbocycles. The summed E-state index contributed by atoms with van der Waals surface area (Å²) in [5.74, 6) is -1.68. The van der Waals surface area contributed by atoms with E-state index in [0.717, 1.165) is 31.7 Å². The first-order valence-corrected chi connectivity index (χ1v) is 8.51. The number of rotatable bonds is 5. The van der Waals surface area contributed by atoms with Gasteiger partial charge in [0.15, 0.2) is 0 Å². The van der Waals surface area contributed by atoms with Crippen molar-refractivity contribution < 1.29 is 17.2 Å². The van der Waals surface area contributed by atoms with Crippen LogP contribution in [0.2, 0.25) is 0 Å². The molecule has 0 amide bonds. The predicted octanol–water partition coefficient (Wildman–Crippen LogP) is 2.49. The molecule has 0 spiro atoms. The van der Waals surface area contributed by atoms with Crippen LogP contribution in [0.25, 0.3) is 0 Å². The lowest BCUT2D eigenvalue weighted by Crippen LogP contribution is -2.44. The van der Waals surface area contributed by atoms with Crippen LogP contribution in [0, 0.1) is 24.5 Å². The number of hydrogen-bond acceptors (Lipinski definition) is 3. The lowest BCUT2D eigenvalue weighted by Gasteiger charge is -2.23. The van der Waals surface area contributed by atoms with Gasteiger partial charge in [0.1, 0.15) is 16.5 Å². The van der Waals surface area contributed by atoms with Gasteiger partial charge in [0, 0.05) is 18.7 Å². The van der Waals surface area contributed by atoms with E-state index in [1.54, 1.807) is 0 Å². The first-order valence-electron chi connectivity index (χ1n) is 7.03. The van der Waals surface area contributed by atoms with Crippen LogP contribution in [0.1, 0.15) is 31.2 Å². The monoisotopic (exact) mass is 354 g/mol. The number of nitrogens with two attached hydrogens (primary N) is 1. The second-order valence-corrected chi connectivity index (χ2v) is 7.22. The Labute approximate surface area is 135 Å². The Morgan fingerprint density at radius 3 is 2.41 bits per heavy atom. The summed E-state index contributed by atoms with van der Waals surface area (Å²) < 4.78 is 54.1. The number of aryl methyl sites for hydroxylation is 1. The largest absolute Gasteiger partial charge is 0.329 e. The van der Waals surface area contributed by atoms with Crippen molar-refractivity contribution in [2.24, 2.45) is 11.7 Å². The highest BCUT2D eigenvalue weighted by Gasteiger charge is 2.30. The summed E-state index contributed by atoms with van der Waals surface area (Å²) >= 11 is 0. The van der Waals surface area contributed by atoms with Gasteiger partial charge in [-0.05, 0) is 37.3 Å². The smallest absolute Gasteiger partial charge is 0.243 e.